The highest BCUT2D eigenvalue weighted by molar-refractivity contribution is 6.15. The van der Waals surface area contributed by atoms with Crippen LogP contribution in [0.2, 0.25) is 0 Å². The molecular weight excluding hydrogens is 472 g/mol. The first-order valence-electron chi connectivity index (χ1n) is 11.7. The number of rotatable bonds is 5. The molecule has 0 saturated heterocycles. The van der Waals surface area contributed by atoms with Crippen molar-refractivity contribution in [1.82, 2.24) is 5.01 Å². The molecule has 0 aromatic heterocycles. The monoisotopic (exact) mass is 496 g/mol. The number of hydrogen-bond acceptors (Lipinski definition) is 7. The summed E-state index contributed by atoms with van der Waals surface area (Å²) >= 11 is 0. The summed E-state index contributed by atoms with van der Waals surface area (Å²) in [5, 5.41) is 18.4. The van der Waals surface area contributed by atoms with Crippen molar-refractivity contribution in [3.8, 4) is 39.9 Å². The first-order chi connectivity index (χ1) is 18.0. The first-order valence-corrected chi connectivity index (χ1v) is 11.7. The van der Waals surface area contributed by atoms with Crippen LogP contribution in [-0.2, 0) is 6.54 Å². The number of amides is 1. The molecule has 0 aliphatic carbocycles. The molecule has 0 unspecified atom stereocenters. The van der Waals surface area contributed by atoms with Crippen LogP contribution in [0.25, 0.3) is 21.9 Å². The molecule has 0 atom stereocenters. The van der Waals surface area contributed by atoms with Crippen LogP contribution < -0.4 is 18.9 Å². The molecule has 0 fully saturated rings. The second-order valence-electron chi connectivity index (χ2n) is 8.92. The van der Waals surface area contributed by atoms with E-state index in [-0.39, 0.29) is 25.0 Å². The van der Waals surface area contributed by atoms with Crippen molar-refractivity contribution >= 4 is 22.9 Å². The molecule has 2 heterocycles. The molecule has 37 heavy (non-hydrogen) atoms. The number of ether oxygens (including phenoxy) is 4. The molecule has 6 rings (SSSR count). The van der Waals surface area contributed by atoms with E-state index in [9.17, 15) is 9.90 Å². The molecule has 0 radical (unpaired) electrons. The Morgan fingerprint density at radius 3 is 2.35 bits per heavy atom. The highest BCUT2D eigenvalue weighted by Crippen LogP contribution is 2.49. The number of phenolic OH excluding ortho intramolecular Hbond substituents is 1. The van der Waals surface area contributed by atoms with E-state index in [2.05, 4.69) is 5.10 Å². The maximum Gasteiger partial charge on any atom is 0.275 e. The first kappa shape index (κ1) is 22.7. The normalized spacial score (nSPS) is 14.0. The summed E-state index contributed by atoms with van der Waals surface area (Å²) < 4.78 is 22.1. The number of aryl methyl sites for hydroxylation is 1. The van der Waals surface area contributed by atoms with Gasteiger partial charge in [0.25, 0.3) is 5.91 Å². The third-order valence-corrected chi connectivity index (χ3v) is 6.73. The maximum absolute atomic E-state index is 13.8. The van der Waals surface area contributed by atoms with Crippen LogP contribution in [0.3, 0.4) is 0 Å². The van der Waals surface area contributed by atoms with Gasteiger partial charge < -0.3 is 24.1 Å². The van der Waals surface area contributed by atoms with Crippen molar-refractivity contribution in [2.24, 2.45) is 5.10 Å². The van der Waals surface area contributed by atoms with E-state index in [4.69, 9.17) is 18.9 Å². The van der Waals surface area contributed by atoms with Crippen LogP contribution in [0.1, 0.15) is 27.0 Å². The predicted octanol–water partition coefficient (Wildman–Crippen LogP) is 5.26. The van der Waals surface area contributed by atoms with Crippen molar-refractivity contribution in [1.29, 1.82) is 0 Å². The predicted molar refractivity (Wildman–Crippen MR) is 139 cm³/mol. The molecule has 4 aromatic rings. The minimum Gasteiger partial charge on any atom is -0.507 e. The fourth-order valence-electron chi connectivity index (χ4n) is 4.82. The largest absolute Gasteiger partial charge is 0.507 e. The smallest absolute Gasteiger partial charge is 0.275 e. The third kappa shape index (κ3) is 3.69. The van der Waals surface area contributed by atoms with Gasteiger partial charge in [-0.3, -0.25) is 4.79 Å². The van der Waals surface area contributed by atoms with E-state index in [0.717, 1.165) is 16.7 Å². The standard InChI is InChI=1S/C29H24N2O6/c1-16-4-6-17(7-5-16)13-30-31-14-21-27(29(31)33)26(18-8-9-22-25(10-18)37-15-36-22)19-11-23(34-2)24(35-3)12-20(19)28(21)32/h4-13,32H,14-15H2,1-3H3/b30-13+. The van der Waals surface area contributed by atoms with Crippen molar-refractivity contribution in [3.63, 3.8) is 0 Å². The molecule has 186 valence electrons. The molecular formula is C29H24N2O6. The van der Waals surface area contributed by atoms with Crippen LogP contribution in [-0.4, -0.2) is 43.2 Å². The fraction of sp³-hybridized carbons (Fsp3) is 0.172. The Morgan fingerprint density at radius 2 is 1.62 bits per heavy atom. The Bertz CT molecular complexity index is 1590. The van der Waals surface area contributed by atoms with Crippen LogP contribution in [0.5, 0.6) is 28.7 Å². The van der Waals surface area contributed by atoms with E-state index in [1.54, 1.807) is 25.5 Å². The van der Waals surface area contributed by atoms with Gasteiger partial charge in [-0.05, 0) is 47.7 Å². The lowest BCUT2D eigenvalue weighted by Crippen LogP contribution is -2.18. The molecule has 1 amide bonds. The Kier molecular flexibility index (Phi) is 5.37. The van der Waals surface area contributed by atoms with Gasteiger partial charge in [-0.15, -0.1) is 0 Å². The summed E-state index contributed by atoms with van der Waals surface area (Å²) in [6.45, 7) is 2.28. The summed E-state index contributed by atoms with van der Waals surface area (Å²) in [5.41, 5.74) is 4.29. The molecule has 2 aliphatic heterocycles. The molecule has 0 saturated carbocycles. The number of hydrazone groups is 1. The van der Waals surface area contributed by atoms with Gasteiger partial charge >= 0.3 is 0 Å². The average molecular weight is 497 g/mol. The summed E-state index contributed by atoms with van der Waals surface area (Å²) in [6.07, 6.45) is 1.65. The number of carbonyl (C=O) groups is 1. The third-order valence-electron chi connectivity index (χ3n) is 6.73. The Labute approximate surface area is 213 Å². The average Bonchev–Trinajstić information content (AvgIpc) is 3.52. The number of nitrogens with zero attached hydrogens (tertiary/aromatic N) is 2. The van der Waals surface area contributed by atoms with Gasteiger partial charge in [-0.2, -0.15) is 5.10 Å². The van der Waals surface area contributed by atoms with Gasteiger partial charge in [0.15, 0.2) is 23.0 Å². The number of benzene rings is 4. The van der Waals surface area contributed by atoms with E-state index in [1.165, 1.54) is 12.1 Å². The highest BCUT2D eigenvalue weighted by Gasteiger charge is 2.36. The SMILES string of the molecule is COc1cc2c(O)c3c(c(-c4ccc5c(c4)OCO5)c2cc1OC)C(=O)N(/N=C/c1ccc(C)cc1)C3. The molecule has 8 nitrogen and oxygen atoms in total. The zero-order valence-electron chi connectivity index (χ0n) is 20.6. The molecule has 8 heteroatoms. The van der Waals surface area contributed by atoms with Crippen LogP contribution >= 0.6 is 0 Å². The van der Waals surface area contributed by atoms with Gasteiger partial charge in [0.1, 0.15) is 5.75 Å². The number of aromatic hydroxyl groups is 1. The Hall–Kier alpha value is -4.72. The van der Waals surface area contributed by atoms with E-state index >= 15 is 0 Å². The van der Waals surface area contributed by atoms with Crippen LogP contribution in [0, 0.1) is 6.92 Å². The second kappa shape index (κ2) is 8.74. The lowest BCUT2D eigenvalue weighted by atomic mass is 9.89. The van der Waals surface area contributed by atoms with Gasteiger partial charge in [0, 0.05) is 16.5 Å². The minimum atomic E-state index is -0.307. The van der Waals surface area contributed by atoms with Crippen molar-refractivity contribution in [3.05, 3.63) is 76.9 Å². The fourth-order valence-corrected chi connectivity index (χ4v) is 4.82. The van der Waals surface area contributed by atoms with Gasteiger partial charge in [0.2, 0.25) is 6.79 Å². The van der Waals surface area contributed by atoms with Crippen molar-refractivity contribution in [2.45, 2.75) is 13.5 Å². The van der Waals surface area contributed by atoms with Crippen LogP contribution in [0.4, 0.5) is 0 Å². The van der Waals surface area contributed by atoms with E-state index in [1.807, 2.05) is 49.4 Å². The lowest BCUT2D eigenvalue weighted by Gasteiger charge is -2.17. The molecule has 2 aliphatic rings. The minimum absolute atomic E-state index is 0.0110. The zero-order chi connectivity index (χ0) is 25.7. The Morgan fingerprint density at radius 1 is 0.919 bits per heavy atom. The Balaban J connectivity index is 1.56. The van der Waals surface area contributed by atoms with Crippen molar-refractivity contribution in [2.75, 3.05) is 21.0 Å². The maximum atomic E-state index is 13.8. The molecule has 0 bridgehead atoms. The van der Waals surface area contributed by atoms with E-state index < -0.39 is 0 Å². The van der Waals surface area contributed by atoms with Crippen LogP contribution in [0.15, 0.2) is 59.7 Å². The zero-order valence-corrected chi connectivity index (χ0v) is 20.6. The number of phenols is 1. The topological polar surface area (TPSA) is 89.8 Å². The van der Waals surface area contributed by atoms with Gasteiger partial charge in [-0.1, -0.05) is 35.9 Å². The van der Waals surface area contributed by atoms with E-state index in [0.29, 0.717) is 50.5 Å². The highest BCUT2D eigenvalue weighted by atomic mass is 16.7. The van der Waals surface area contributed by atoms with Gasteiger partial charge in [-0.25, -0.2) is 5.01 Å². The molecule has 4 aromatic carbocycles. The number of hydrogen-bond donors (Lipinski definition) is 1. The second-order valence-corrected chi connectivity index (χ2v) is 8.92. The van der Waals surface area contributed by atoms with Gasteiger partial charge in [0.05, 0.1) is 32.5 Å². The molecule has 1 N–H and O–H groups in total. The number of carbonyl (C=O) groups excluding carboxylic acids is 1. The molecule has 0 spiro atoms. The summed E-state index contributed by atoms with van der Waals surface area (Å²) in [7, 11) is 3.09. The quantitative estimate of drug-likeness (QED) is 0.379. The summed E-state index contributed by atoms with van der Waals surface area (Å²) in [4.78, 5) is 13.8. The lowest BCUT2D eigenvalue weighted by molar-refractivity contribution is 0.0785. The number of methoxy groups -OCH3 is 2. The summed E-state index contributed by atoms with van der Waals surface area (Å²) in [6, 6.07) is 16.9. The summed E-state index contributed by atoms with van der Waals surface area (Å²) in [5.74, 6) is 1.89. The number of fused-ring (bicyclic) bond motifs is 3. The van der Waals surface area contributed by atoms with Crippen molar-refractivity contribution < 1.29 is 28.8 Å².